The van der Waals surface area contributed by atoms with Crippen LogP contribution in [-0.2, 0) is 16.1 Å². The lowest BCUT2D eigenvalue weighted by Crippen LogP contribution is -2.28. The fraction of sp³-hybridized carbons (Fsp3) is 0.300. The van der Waals surface area contributed by atoms with E-state index in [0.29, 0.717) is 30.2 Å². The maximum absolute atomic E-state index is 12.0. The summed E-state index contributed by atoms with van der Waals surface area (Å²) < 4.78 is 15.8. The lowest BCUT2D eigenvalue weighted by molar-refractivity contribution is -0.123. The van der Waals surface area contributed by atoms with Crippen molar-refractivity contribution in [3.63, 3.8) is 0 Å². The fourth-order valence-corrected chi connectivity index (χ4v) is 2.17. The molecule has 1 amide bonds. The summed E-state index contributed by atoms with van der Waals surface area (Å²) in [7, 11) is 1.34. The number of benzene rings is 2. The first-order chi connectivity index (χ1) is 12.6. The minimum Gasteiger partial charge on any atom is -0.490 e. The van der Waals surface area contributed by atoms with E-state index < -0.39 is 5.97 Å². The molecule has 0 spiro atoms. The number of nitrogens with one attached hydrogen (secondary N) is 1. The van der Waals surface area contributed by atoms with Crippen molar-refractivity contribution in [2.75, 3.05) is 20.3 Å². The van der Waals surface area contributed by atoms with Crippen LogP contribution in [0.15, 0.2) is 48.5 Å². The van der Waals surface area contributed by atoms with E-state index in [-0.39, 0.29) is 12.5 Å². The predicted molar refractivity (Wildman–Crippen MR) is 97.4 cm³/mol. The molecule has 0 aromatic heterocycles. The smallest absolute Gasteiger partial charge is 0.337 e. The molecule has 26 heavy (non-hydrogen) atoms. The molecule has 0 heterocycles. The van der Waals surface area contributed by atoms with Gasteiger partial charge < -0.3 is 19.5 Å². The minimum atomic E-state index is -0.391. The zero-order chi connectivity index (χ0) is 18.8. The molecule has 0 aliphatic heterocycles. The molecule has 6 heteroatoms. The molecule has 0 radical (unpaired) electrons. The largest absolute Gasteiger partial charge is 0.490 e. The minimum absolute atomic E-state index is 0.104. The Kier molecular flexibility index (Phi) is 7.49. The molecule has 6 nitrogen and oxygen atoms in total. The maximum Gasteiger partial charge on any atom is 0.337 e. The molecule has 2 aromatic carbocycles. The van der Waals surface area contributed by atoms with Crippen LogP contribution in [0.2, 0.25) is 0 Å². The molecule has 0 saturated carbocycles. The number of methoxy groups -OCH3 is 1. The highest BCUT2D eigenvalue weighted by atomic mass is 16.5. The van der Waals surface area contributed by atoms with E-state index in [9.17, 15) is 9.59 Å². The highest BCUT2D eigenvalue weighted by Gasteiger charge is 2.08. The van der Waals surface area contributed by atoms with Crippen molar-refractivity contribution in [3.8, 4) is 11.5 Å². The summed E-state index contributed by atoms with van der Waals surface area (Å²) >= 11 is 0. The fourth-order valence-electron chi connectivity index (χ4n) is 2.17. The number of carbonyl (C=O) groups is 2. The second-order valence-electron chi connectivity index (χ2n) is 5.55. The van der Waals surface area contributed by atoms with E-state index >= 15 is 0 Å². The molecular formula is C20H23NO5. The van der Waals surface area contributed by atoms with E-state index in [1.165, 1.54) is 7.11 Å². The molecule has 0 unspecified atom stereocenters. The van der Waals surface area contributed by atoms with Gasteiger partial charge in [-0.1, -0.05) is 31.2 Å². The van der Waals surface area contributed by atoms with Crippen LogP contribution in [0, 0.1) is 0 Å². The topological polar surface area (TPSA) is 73.9 Å². The van der Waals surface area contributed by atoms with Crippen molar-refractivity contribution in [1.82, 2.24) is 5.32 Å². The number of ether oxygens (including phenoxy) is 3. The van der Waals surface area contributed by atoms with Crippen molar-refractivity contribution in [1.29, 1.82) is 0 Å². The van der Waals surface area contributed by atoms with Gasteiger partial charge in [0, 0.05) is 6.54 Å². The molecule has 0 atom stereocenters. The Bertz CT molecular complexity index is 727. The van der Waals surface area contributed by atoms with Crippen LogP contribution in [-0.4, -0.2) is 32.2 Å². The van der Waals surface area contributed by atoms with Crippen molar-refractivity contribution < 1.29 is 23.8 Å². The van der Waals surface area contributed by atoms with Crippen LogP contribution in [0.3, 0.4) is 0 Å². The molecule has 0 fully saturated rings. The van der Waals surface area contributed by atoms with Gasteiger partial charge in [-0.3, -0.25) is 4.79 Å². The van der Waals surface area contributed by atoms with E-state index in [1.807, 2.05) is 25.1 Å². The third kappa shape index (κ3) is 5.81. The zero-order valence-corrected chi connectivity index (χ0v) is 15.0. The summed E-state index contributed by atoms with van der Waals surface area (Å²) in [6.07, 6.45) is 0.892. The number of hydrogen-bond acceptors (Lipinski definition) is 5. The van der Waals surface area contributed by atoms with E-state index in [2.05, 4.69) is 10.1 Å². The van der Waals surface area contributed by atoms with Gasteiger partial charge in [0.15, 0.2) is 18.1 Å². The number of rotatable bonds is 9. The number of esters is 1. The number of hydrogen-bond donors (Lipinski definition) is 1. The molecule has 0 aliphatic rings. The van der Waals surface area contributed by atoms with Gasteiger partial charge in [0.1, 0.15) is 0 Å². The van der Waals surface area contributed by atoms with Crippen LogP contribution in [0.25, 0.3) is 0 Å². The van der Waals surface area contributed by atoms with Gasteiger partial charge in [0.2, 0.25) is 0 Å². The standard InChI is InChI=1S/C20H23NO5/c1-3-12-25-17-6-4-5-7-18(17)26-14-19(22)21-13-15-8-10-16(11-9-15)20(23)24-2/h4-11H,3,12-14H2,1-2H3,(H,21,22). The molecular weight excluding hydrogens is 334 g/mol. The summed E-state index contributed by atoms with van der Waals surface area (Å²) in [4.78, 5) is 23.4. The highest BCUT2D eigenvalue weighted by molar-refractivity contribution is 5.89. The molecule has 2 rings (SSSR count). The first kappa shape index (κ1) is 19.3. The Morgan fingerprint density at radius 1 is 0.962 bits per heavy atom. The lowest BCUT2D eigenvalue weighted by atomic mass is 10.1. The third-order valence-electron chi connectivity index (χ3n) is 3.53. The molecule has 2 aromatic rings. The SMILES string of the molecule is CCCOc1ccccc1OCC(=O)NCc1ccc(C(=O)OC)cc1. The van der Waals surface area contributed by atoms with Gasteiger partial charge in [-0.25, -0.2) is 4.79 Å². The van der Waals surface area contributed by atoms with Crippen molar-refractivity contribution >= 4 is 11.9 Å². The second kappa shape index (κ2) is 10.1. The van der Waals surface area contributed by atoms with E-state index in [0.717, 1.165) is 12.0 Å². The van der Waals surface area contributed by atoms with Crippen molar-refractivity contribution in [3.05, 3.63) is 59.7 Å². The van der Waals surface area contributed by atoms with Crippen molar-refractivity contribution in [2.24, 2.45) is 0 Å². The maximum atomic E-state index is 12.0. The average molecular weight is 357 g/mol. The van der Waals surface area contributed by atoms with E-state index in [4.69, 9.17) is 9.47 Å². The van der Waals surface area contributed by atoms with Gasteiger partial charge in [-0.15, -0.1) is 0 Å². The van der Waals surface area contributed by atoms with Crippen LogP contribution >= 0.6 is 0 Å². The molecule has 0 aliphatic carbocycles. The van der Waals surface area contributed by atoms with Crippen LogP contribution in [0.1, 0.15) is 29.3 Å². The Balaban J connectivity index is 1.81. The van der Waals surface area contributed by atoms with Gasteiger partial charge >= 0.3 is 5.97 Å². The normalized spacial score (nSPS) is 10.1. The Hall–Kier alpha value is -3.02. The highest BCUT2D eigenvalue weighted by Crippen LogP contribution is 2.26. The first-order valence-electron chi connectivity index (χ1n) is 8.42. The number of amides is 1. The molecule has 0 bridgehead atoms. The van der Waals surface area contributed by atoms with Gasteiger partial charge in [-0.2, -0.15) is 0 Å². The predicted octanol–water partition coefficient (Wildman–Crippen LogP) is 2.96. The monoisotopic (exact) mass is 357 g/mol. The summed E-state index contributed by atoms with van der Waals surface area (Å²) in [6, 6.07) is 14.1. The van der Waals surface area contributed by atoms with Crippen molar-refractivity contribution in [2.45, 2.75) is 19.9 Å². The van der Waals surface area contributed by atoms with Crippen LogP contribution in [0.5, 0.6) is 11.5 Å². The molecule has 0 saturated heterocycles. The molecule has 1 N–H and O–H groups in total. The van der Waals surface area contributed by atoms with Crippen LogP contribution < -0.4 is 14.8 Å². The number of para-hydroxylation sites is 2. The van der Waals surface area contributed by atoms with E-state index in [1.54, 1.807) is 30.3 Å². The lowest BCUT2D eigenvalue weighted by Gasteiger charge is -2.12. The van der Waals surface area contributed by atoms with Gasteiger partial charge in [0.05, 0.1) is 19.3 Å². The zero-order valence-electron chi connectivity index (χ0n) is 15.0. The summed E-state index contributed by atoms with van der Waals surface area (Å²) in [5.74, 6) is 0.532. The third-order valence-corrected chi connectivity index (χ3v) is 3.53. The average Bonchev–Trinajstić information content (AvgIpc) is 2.69. The Morgan fingerprint density at radius 3 is 2.23 bits per heavy atom. The summed E-state index contributed by atoms with van der Waals surface area (Å²) in [5.41, 5.74) is 1.34. The van der Waals surface area contributed by atoms with Crippen LogP contribution in [0.4, 0.5) is 0 Å². The summed E-state index contributed by atoms with van der Waals surface area (Å²) in [6.45, 7) is 2.85. The second-order valence-corrected chi connectivity index (χ2v) is 5.55. The quantitative estimate of drug-likeness (QED) is 0.699. The van der Waals surface area contributed by atoms with Gasteiger partial charge in [-0.05, 0) is 36.2 Å². The Morgan fingerprint density at radius 2 is 1.62 bits per heavy atom. The molecule has 138 valence electrons. The summed E-state index contributed by atoms with van der Waals surface area (Å²) in [5, 5.41) is 2.77. The number of carbonyl (C=O) groups excluding carboxylic acids is 2. The van der Waals surface area contributed by atoms with Gasteiger partial charge in [0.25, 0.3) is 5.91 Å². The first-order valence-corrected chi connectivity index (χ1v) is 8.42. The Labute approximate surface area is 153 Å².